The number of fused-ring (bicyclic) bond motifs is 3. The summed E-state index contributed by atoms with van der Waals surface area (Å²) in [7, 11) is 1.56. The van der Waals surface area contributed by atoms with Gasteiger partial charge in [-0.1, -0.05) is 54.6 Å². The Morgan fingerprint density at radius 2 is 1.76 bits per heavy atom. The van der Waals surface area contributed by atoms with Crippen LogP contribution in [0.1, 0.15) is 27.4 Å². The summed E-state index contributed by atoms with van der Waals surface area (Å²) < 4.78 is 6.87. The number of amides is 2. The molecule has 2 N–H and O–H groups in total. The van der Waals surface area contributed by atoms with Gasteiger partial charge in [0.25, 0.3) is 5.91 Å². The number of hydrogen-bond acceptors (Lipinski definition) is 5. The van der Waals surface area contributed by atoms with Gasteiger partial charge in [-0.05, 0) is 22.3 Å². The van der Waals surface area contributed by atoms with Crippen molar-refractivity contribution in [3.8, 4) is 11.1 Å². The molecule has 1 aliphatic carbocycles. The van der Waals surface area contributed by atoms with Crippen LogP contribution >= 0.6 is 0 Å². The highest BCUT2D eigenvalue weighted by Crippen LogP contribution is 2.44. The summed E-state index contributed by atoms with van der Waals surface area (Å²) in [5.41, 5.74) is 4.46. The monoisotopic (exact) mass is 460 g/mol. The van der Waals surface area contributed by atoms with Gasteiger partial charge in [0.15, 0.2) is 0 Å². The quantitative estimate of drug-likeness (QED) is 0.498. The smallest absolute Gasteiger partial charge is 0.412 e. The second kappa shape index (κ2) is 9.62. The molecule has 1 aromatic heterocycles. The van der Waals surface area contributed by atoms with E-state index < -0.39 is 24.5 Å². The fourth-order valence-electron chi connectivity index (χ4n) is 4.18. The Morgan fingerprint density at radius 1 is 1.15 bits per heavy atom. The summed E-state index contributed by atoms with van der Waals surface area (Å²) in [4.78, 5) is 37.8. The van der Waals surface area contributed by atoms with Crippen LogP contribution in [-0.2, 0) is 16.6 Å². The highest BCUT2D eigenvalue weighted by atomic mass is 16.5. The molecule has 0 saturated heterocycles. The van der Waals surface area contributed by atoms with Gasteiger partial charge >= 0.3 is 12.1 Å². The van der Waals surface area contributed by atoms with Crippen LogP contribution in [0.5, 0.6) is 0 Å². The maximum absolute atomic E-state index is 12.9. The van der Waals surface area contributed by atoms with Gasteiger partial charge in [-0.25, -0.2) is 4.79 Å². The lowest BCUT2D eigenvalue weighted by Crippen LogP contribution is -2.36. The number of benzene rings is 2. The number of ether oxygens (including phenoxy) is 1. The van der Waals surface area contributed by atoms with Crippen LogP contribution in [0.3, 0.4) is 0 Å². The fraction of sp³-hybridized carbons (Fsp3) is 0.200. The summed E-state index contributed by atoms with van der Waals surface area (Å²) in [5.74, 6) is -1.75. The lowest BCUT2D eigenvalue weighted by atomic mass is 9.98. The first-order valence-electron chi connectivity index (χ1n) is 10.7. The first-order valence-corrected chi connectivity index (χ1v) is 10.7. The van der Waals surface area contributed by atoms with Gasteiger partial charge in [0, 0.05) is 19.5 Å². The third-order valence-electron chi connectivity index (χ3n) is 5.70. The minimum Gasteiger partial charge on any atom is -0.480 e. The summed E-state index contributed by atoms with van der Waals surface area (Å²) in [6.45, 7) is 3.19. The number of carboxylic acid groups (broad SMARTS) is 1. The largest absolute Gasteiger partial charge is 0.480 e. The molecular weight excluding hydrogens is 436 g/mol. The van der Waals surface area contributed by atoms with Crippen molar-refractivity contribution >= 4 is 23.8 Å². The molecular formula is C25H24N4O5. The van der Waals surface area contributed by atoms with E-state index in [0.717, 1.165) is 27.2 Å². The molecule has 34 heavy (non-hydrogen) atoms. The van der Waals surface area contributed by atoms with Gasteiger partial charge < -0.3 is 14.7 Å². The number of anilines is 1. The van der Waals surface area contributed by atoms with Gasteiger partial charge in [0.1, 0.15) is 24.5 Å². The first kappa shape index (κ1) is 22.8. The van der Waals surface area contributed by atoms with Crippen LogP contribution in [0, 0.1) is 0 Å². The van der Waals surface area contributed by atoms with Crippen LogP contribution < -0.4 is 5.32 Å². The van der Waals surface area contributed by atoms with E-state index in [9.17, 15) is 14.4 Å². The van der Waals surface area contributed by atoms with E-state index in [1.165, 1.54) is 17.0 Å². The van der Waals surface area contributed by atoms with Crippen LogP contribution in [0.4, 0.5) is 10.6 Å². The van der Waals surface area contributed by atoms with Crippen molar-refractivity contribution < 1.29 is 24.2 Å². The molecule has 2 amide bonds. The molecule has 0 spiro atoms. The van der Waals surface area contributed by atoms with Crippen molar-refractivity contribution in [1.29, 1.82) is 0 Å². The average Bonchev–Trinajstić information content (AvgIpc) is 3.34. The lowest BCUT2D eigenvalue weighted by molar-refractivity contribution is -0.137. The first-order chi connectivity index (χ1) is 16.4. The molecule has 2 aromatic carbocycles. The molecule has 0 aliphatic heterocycles. The molecule has 9 heteroatoms. The molecule has 4 rings (SSSR count). The third kappa shape index (κ3) is 4.40. The van der Waals surface area contributed by atoms with E-state index in [4.69, 9.17) is 9.84 Å². The maximum atomic E-state index is 12.9. The summed E-state index contributed by atoms with van der Waals surface area (Å²) in [6.07, 6.45) is 1.96. The summed E-state index contributed by atoms with van der Waals surface area (Å²) in [5, 5.41) is 15.7. The van der Waals surface area contributed by atoms with Crippen molar-refractivity contribution in [2.24, 2.45) is 7.05 Å². The highest BCUT2D eigenvalue weighted by Gasteiger charge is 2.30. The number of nitrogens with one attached hydrogen (secondary N) is 1. The second-order valence-corrected chi connectivity index (χ2v) is 7.85. The van der Waals surface area contributed by atoms with Gasteiger partial charge in [-0.3, -0.25) is 19.6 Å². The number of carbonyl (C=O) groups excluding carboxylic acids is 2. The Kier molecular flexibility index (Phi) is 6.44. The van der Waals surface area contributed by atoms with Crippen molar-refractivity contribution in [2.75, 3.05) is 25.0 Å². The molecule has 0 bridgehead atoms. The zero-order chi connectivity index (χ0) is 24.2. The standard InChI is InChI=1S/C25H24N4O5/c1-3-12-29(14-22(30)31)24(32)20-13-26-28(2)23(20)27-25(33)34-15-21-18-10-6-4-8-16(18)17-9-5-7-11-19(17)21/h3-11,13,21H,1,12,14-15H2,2H3,(H,27,33)(H,30,31). The molecule has 0 atom stereocenters. The minimum absolute atomic E-state index is 0.0322. The zero-order valence-corrected chi connectivity index (χ0v) is 18.6. The van der Waals surface area contributed by atoms with Gasteiger partial charge in [-0.2, -0.15) is 5.10 Å². The predicted octanol–water partition coefficient (Wildman–Crippen LogP) is 3.49. The zero-order valence-electron chi connectivity index (χ0n) is 18.6. The SMILES string of the molecule is C=CCN(CC(=O)O)C(=O)c1cnn(C)c1NC(=O)OCC1c2ccccc2-c2ccccc21. The van der Waals surface area contributed by atoms with E-state index in [0.29, 0.717) is 0 Å². The number of carbonyl (C=O) groups is 3. The van der Waals surface area contributed by atoms with Crippen LogP contribution in [0.25, 0.3) is 11.1 Å². The highest BCUT2D eigenvalue weighted by molar-refractivity contribution is 6.02. The van der Waals surface area contributed by atoms with Crippen molar-refractivity contribution in [3.05, 3.63) is 84.1 Å². The number of hydrogen-bond donors (Lipinski definition) is 2. The predicted molar refractivity (Wildman–Crippen MR) is 126 cm³/mol. The molecule has 0 unspecified atom stereocenters. The molecule has 1 aliphatic rings. The van der Waals surface area contributed by atoms with E-state index in [1.807, 2.05) is 48.5 Å². The normalized spacial score (nSPS) is 11.9. The molecule has 0 radical (unpaired) electrons. The Labute approximate surface area is 196 Å². The van der Waals surface area contributed by atoms with Gasteiger partial charge in [0.05, 0.1) is 6.20 Å². The van der Waals surface area contributed by atoms with Crippen LogP contribution in [0.15, 0.2) is 67.4 Å². The molecule has 0 fully saturated rings. The number of carboxylic acids is 1. The van der Waals surface area contributed by atoms with Crippen molar-refractivity contribution in [2.45, 2.75) is 5.92 Å². The number of aryl methyl sites for hydroxylation is 1. The van der Waals surface area contributed by atoms with E-state index in [2.05, 4.69) is 17.0 Å². The van der Waals surface area contributed by atoms with Crippen LogP contribution in [-0.4, -0.2) is 57.5 Å². The van der Waals surface area contributed by atoms with Crippen molar-refractivity contribution in [1.82, 2.24) is 14.7 Å². The molecule has 9 nitrogen and oxygen atoms in total. The number of aliphatic carboxylic acids is 1. The van der Waals surface area contributed by atoms with E-state index >= 15 is 0 Å². The van der Waals surface area contributed by atoms with Crippen LogP contribution in [0.2, 0.25) is 0 Å². The lowest BCUT2D eigenvalue weighted by Gasteiger charge is -2.19. The van der Waals surface area contributed by atoms with E-state index in [1.54, 1.807) is 7.05 Å². The topological polar surface area (TPSA) is 114 Å². The fourth-order valence-corrected chi connectivity index (χ4v) is 4.18. The maximum Gasteiger partial charge on any atom is 0.412 e. The van der Waals surface area contributed by atoms with E-state index in [-0.39, 0.29) is 30.5 Å². The number of nitrogens with zero attached hydrogens (tertiary/aromatic N) is 3. The summed E-state index contributed by atoms with van der Waals surface area (Å²) in [6, 6.07) is 16.0. The summed E-state index contributed by atoms with van der Waals surface area (Å²) >= 11 is 0. The average molecular weight is 460 g/mol. The Balaban J connectivity index is 1.49. The van der Waals surface area contributed by atoms with Crippen molar-refractivity contribution in [3.63, 3.8) is 0 Å². The van der Waals surface area contributed by atoms with Gasteiger partial charge in [0.2, 0.25) is 0 Å². The number of rotatable bonds is 8. The Bertz CT molecular complexity index is 1220. The number of aromatic nitrogens is 2. The second-order valence-electron chi connectivity index (χ2n) is 7.85. The van der Waals surface area contributed by atoms with Gasteiger partial charge in [-0.15, -0.1) is 6.58 Å². The Hall–Kier alpha value is -4.40. The minimum atomic E-state index is -1.16. The molecule has 0 saturated carbocycles. The molecule has 3 aromatic rings. The molecule has 174 valence electrons. The molecule has 1 heterocycles. The Morgan fingerprint density at radius 3 is 2.35 bits per heavy atom. The third-order valence-corrected chi connectivity index (χ3v) is 5.70.